The molecule has 1 aliphatic heterocycles. The molecule has 0 spiro atoms. The first kappa shape index (κ1) is 31.1. The van der Waals surface area contributed by atoms with Gasteiger partial charge in [0.15, 0.2) is 5.82 Å². The third-order valence-electron chi connectivity index (χ3n) is 7.29. The Kier molecular flexibility index (Phi) is 10.6. The minimum atomic E-state index is -0.502. The number of halogens is 2. The molecule has 13 heteroatoms. The van der Waals surface area contributed by atoms with Gasteiger partial charge in [0.1, 0.15) is 11.6 Å². The molecule has 0 bridgehead atoms. The van der Waals surface area contributed by atoms with E-state index < -0.39 is 11.7 Å². The number of likely N-dealkylation sites (N-methyl/N-ethyl adjacent to an activating group) is 1. The average Bonchev–Trinajstić information content (AvgIpc) is 2.97. The van der Waals surface area contributed by atoms with E-state index in [0.29, 0.717) is 46.4 Å². The maximum atomic E-state index is 14.6. The number of esters is 1. The van der Waals surface area contributed by atoms with Gasteiger partial charge in [-0.3, -0.25) is 9.59 Å². The molecule has 4 N–H and O–H groups in total. The van der Waals surface area contributed by atoms with Crippen LogP contribution in [-0.2, 0) is 14.3 Å². The van der Waals surface area contributed by atoms with Crippen molar-refractivity contribution in [3.63, 3.8) is 0 Å². The lowest BCUT2D eigenvalue weighted by atomic mass is 9.91. The highest BCUT2D eigenvalue weighted by Crippen LogP contribution is 2.31. The Labute approximate surface area is 249 Å². The number of nitrogens with zero attached hydrogens (tertiary/aromatic N) is 4. The van der Waals surface area contributed by atoms with Crippen LogP contribution >= 0.6 is 11.6 Å². The Morgan fingerprint density at radius 3 is 2.74 bits per heavy atom. The third kappa shape index (κ3) is 7.90. The van der Waals surface area contributed by atoms with Gasteiger partial charge in [-0.05, 0) is 49.7 Å². The maximum Gasteiger partial charge on any atom is 0.310 e. The molecule has 1 aromatic carbocycles. The molecule has 1 amide bonds. The van der Waals surface area contributed by atoms with Crippen molar-refractivity contribution in [2.75, 3.05) is 56.3 Å². The molecule has 0 aliphatic carbocycles. The van der Waals surface area contributed by atoms with Crippen molar-refractivity contribution in [1.82, 2.24) is 25.4 Å². The number of likely N-dealkylation sites (tertiary alicyclic amines) is 1. The molecule has 42 heavy (non-hydrogen) atoms. The molecule has 3 atom stereocenters. The molecule has 224 valence electrons. The molecule has 0 radical (unpaired) electrons. The summed E-state index contributed by atoms with van der Waals surface area (Å²) in [7, 11) is 3.42. The molecule has 1 fully saturated rings. The topological polar surface area (TPSA) is 133 Å². The number of rotatable bonds is 13. The van der Waals surface area contributed by atoms with E-state index in [9.17, 15) is 14.0 Å². The Morgan fingerprint density at radius 1 is 1.21 bits per heavy atom. The highest BCUT2D eigenvalue weighted by molar-refractivity contribution is 6.30. The molecular weight excluding hydrogens is 563 g/mol. The van der Waals surface area contributed by atoms with Crippen molar-refractivity contribution < 1.29 is 18.7 Å². The number of anilines is 4. The predicted octanol–water partition coefficient (Wildman–Crippen LogP) is 4.16. The van der Waals surface area contributed by atoms with Gasteiger partial charge in [0.25, 0.3) is 0 Å². The van der Waals surface area contributed by atoms with Gasteiger partial charge in [-0.2, -0.15) is 0 Å². The monoisotopic (exact) mass is 598 g/mol. The van der Waals surface area contributed by atoms with Crippen LogP contribution in [0.1, 0.15) is 20.3 Å². The lowest BCUT2D eigenvalue weighted by molar-refractivity contribution is -0.145. The number of methoxy groups -OCH3 is 1. The summed E-state index contributed by atoms with van der Waals surface area (Å²) in [5.41, 5.74) is 1.49. The van der Waals surface area contributed by atoms with E-state index in [2.05, 4.69) is 55.3 Å². The number of carbonyl (C=O) groups is 2. The van der Waals surface area contributed by atoms with Crippen molar-refractivity contribution in [3.05, 3.63) is 53.4 Å². The normalized spacial score (nSPS) is 17.2. The van der Waals surface area contributed by atoms with Crippen LogP contribution in [0, 0.1) is 17.7 Å². The third-order valence-corrected chi connectivity index (χ3v) is 7.52. The first-order valence-electron chi connectivity index (χ1n) is 13.8. The molecule has 11 nitrogen and oxygen atoms in total. The predicted molar refractivity (Wildman–Crippen MR) is 161 cm³/mol. The molecule has 3 heterocycles. The van der Waals surface area contributed by atoms with Crippen LogP contribution in [-0.4, -0.2) is 78.3 Å². The molecular formula is C29H36ClFN8O3. The quantitative estimate of drug-likeness (QED) is 0.212. The molecule has 1 aliphatic rings. The lowest BCUT2D eigenvalue weighted by Crippen LogP contribution is -2.57. The Hall–Kier alpha value is -3.87. The Bertz CT molecular complexity index is 1400. The fourth-order valence-electron chi connectivity index (χ4n) is 4.84. The summed E-state index contributed by atoms with van der Waals surface area (Å²) >= 11 is 6.11. The minimum Gasteiger partial charge on any atom is -0.469 e. The van der Waals surface area contributed by atoms with Gasteiger partial charge in [-0.1, -0.05) is 25.4 Å². The number of amides is 1. The van der Waals surface area contributed by atoms with Gasteiger partial charge in [-0.15, -0.1) is 10.2 Å². The van der Waals surface area contributed by atoms with E-state index in [0.717, 1.165) is 13.1 Å². The van der Waals surface area contributed by atoms with E-state index in [1.165, 1.54) is 25.3 Å². The summed E-state index contributed by atoms with van der Waals surface area (Å²) in [5, 5.41) is 21.2. The number of hydrogen-bond acceptors (Lipinski definition) is 10. The van der Waals surface area contributed by atoms with Crippen molar-refractivity contribution in [2.24, 2.45) is 11.8 Å². The van der Waals surface area contributed by atoms with Crippen molar-refractivity contribution in [2.45, 2.75) is 26.3 Å². The summed E-state index contributed by atoms with van der Waals surface area (Å²) < 4.78 is 19.5. The maximum absolute atomic E-state index is 14.6. The van der Waals surface area contributed by atoms with Crippen LogP contribution in [0.2, 0.25) is 5.02 Å². The highest BCUT2D eigenvalue weighted by Gasteiger charge is 2.31. The van der Waals surface area contributed by atoms with Gasteiger partial charge in [0.2, 0.25) is 5.91 Å². The van der Waals surface area contributed by atoms with E-state index in [-0.39, 0.29) is 36.2 Å². The molecule has 3 unspecified atom stereocenters. The van der Waals surface area contributed by atoms with Gasteiger partial charge in [0, 0.05) is 54.2 Å². The largest absolute Gasteiger partial charge is 0.469 e. The van der Waals surface area contributed by atoms with E-state index in [4.69, 9.17) is 16.3 Å². The smallest absolute Gasteiger partial charge is 0.310 e. The summed E-state index contributed by atoms with van der Waals surface area (Å²) in [4.78, 5) is 31.2. The Morgan fingerprint density at radius 2 is 2.02 bits per heavy atom. The highest BCUT2D eigenvalue weighted by atomic mass is 35.5. The number of hydrogen-bond donors (Lipinski definition) is 4. The van der Waals surface area contributed by atoms with Crippen LogP contribution in [0.25, 0.3) is 11.3 Å². The lowest BCUT2D eigenvalue weighted by Gasteiger charge is -2.44. The number of carbonyl (C=O) groups excluding carboxylic acids is 2. The van der Waals surface area contributed by atoms with Crippen LogP contribution < -0.4 is 21.3 Å². The van der Waals surface area contributed by atoms with E-state index in [1.54, 1.807) is 24.4 Å². The molecule has 0 saturated carbocycles. The first-order valence-corrected chi connectivity index (χ1v) is 14.1. The number of nitrogens with one attached hydrogen (secondary N) is 4. The molecule has 3 aromatic rings. The second-order valence-corrected chi connectivity index (χ2v) is 10.8. The van der Waals surface area contributed by atoms with Crippen LogP contribution in [0.5, 0.6) is 0 Å². The SMILES string of the molecule is CCC(CNc1nnc(-c2cc(Cl)ccc2F)cc1Nc1ccnc(NC(=O)CNCC2C(C)CN2C)c1)C(=O)OC. The Balaban J connectivity index is 1.50. The fraction of sp³-hybridized carbons (Fsp3) is 0.414. The number of pyridine rings is 1. The first-order chi connectivity index (χ1) is 20.2. The standard InChI is InChI=1S/C29H36ClFN8O3/c1-5-18(29(41)42-4)13-34-28-24(12-23(37-38-28)21-10-19(30)6-7-22(21)31)35-20-8-9-33-26(11-20)36-27(40)15-32-14-25-17(2)16-39(25)3/h6-12,17-18,25,32H,5,13-16H2,1-4H3,(H,34,38)(H2,33,35,36,37,40). The summed E-state index contributed by atoms with van der Waals surface area (Å²) in [6.07, 6.45) is 2.11. The van der Waals surface area contributed by atoms with Crippen LogP contribution in [0.4, 0.5) is 27.4 Å². The molecule has 1 saturated heterocycles. The number of ether oxygens (including phenoxy) is 1. The van der Waals surface area contributed by atoms with Crippen molar-refractivity contribution >= 4 is 46.5 Å². The summed E-state index contributed by atoms with van der Waals surface area (Å²) in [6, 6.07) is 9.63. The minimum absolute atomic E-state index is 0.159. The van der Waals surface area contributed by atoms with Gasteiger partial charge < -0.3 is 30.9 Å². The van der Waals surface area contributed by atoms with Gasteiger partial charge in [0.05, 0.1) is 31.0 Å². The second-order valence-electron chi connectivity index (χ2n) is 10.3. The molecule has 4 rings (SSSR count). The second kappa shape index (κ2) is 14.3. The zero-order valence-corrected chi connectivity index (χ0v) is 24.8. The van der Waals surface area contributed by atoms with Gasteiger partial charge >= 0.3 is 5.97 Å². The number of benzene rings is 1. The van der Waals surface area contributed by atoms with Crippen molar-refractivity contribution in [1.29, 1.82) is 0 Å². The van der Waals surface area contributed by atoms with Crippen LogP contribution in [0.3, 0.4) is 0 Å². The fourth-order valence-corrected chi connectivity index (χ4v) is 5.01. The zero-order chi connectivity index (χ0) is 30.2. The zero-order valence-electron chi connectivity index (χ0n) is 24.1. The van der Waals surface area contributed by atoms with Gasteiger partial charge in [-0.25, -0.2) is 9.37 Å². The summed E-state index contributed by atoms with van der Waals surface area (Å²) in [5.74, 6) is -0.170. The molecule has 2 aromatic heterocycles. The van der Waals surface area contributed by atoms with Crippen LogP contribution in [0.15, 0.2) is 42.6 Å². The summed E-state index contributed by atoms with van der Waals surface area (Å²) in [6.45, 7) is 6.28. The van der Waals surface area contributed by atoms with E-state index >= 15 is 0 Å². The average molecular weight is 599 g/mol. The van der Waals surface area contributed by atoms with Crippen molar-refractivity contribution in [3.8, 4) is 11.3 Å². The number of aromatic nitrogens is 3. The van der Waals surface area contributed by atoms with E-state index in [1.807, 2.05) is 6.92 Å².